The van der Waals surface area contributed by atoms with E-state index in [2.05, 4.69) is 205 Å². The summed E-state index contributed by atoms with van der Waals surface area (Å²) in [5, 5.41) is 11.6. The zero-order valence-corrected chi connectivity index (χ0v) is 27.0. The Morgan fingerprint density at radius 2 is 0.833 bits per heavy atom. The number of imidazole rings is 1. The second-order valence-corrected chi connectivity index (χ2v) is 12.1. The van der Waals surface area contributed by atoms with Gasteiger partial charge in [-0.15, -0.1) is 0 Å². The van der Waals surface area contributed by atoms with Gasteiger partial charge in [0.1, 0.15) is 11.4 Å². The van der Waals surface area contributed by atoms with Crippen molar-refractivity contribution >= 4 is 0 Å². The van der Waals surface area contributed by atoms with Gasteiger partial charge in [0.2, 0.25) is 0 Å². The molecule has 0 amide bonds. The van der Waals surface area contributed by atoms with Gasteiger partial charge in [0.15, 0.2) is 0 Å². The first kappa shape index (κ1) is 31.1. The van der Waals surface area contributed by atoms with Gasteiger partial charge in [0.25, 0.3) is 0 Å². The van der Waals surface area contributed by atoms with Gasteiger partial charge in [-0.1, -0.05) is 182 Å². The highest BCUT2D eigenvalue weighted by molar-refractivity contribution is 5.53. The number of rotatable bonds is 11. The molecule has 4 nitrogen and oxygen atoms in total. The Hall–Kier alpha value is -5.55. The Morgan fingerprint density at radius 1 is 0.521 bits per heavy atom. The average Bonchev–Trinajstić information content (AvgIpc) is 3.65. The molecule has 0 saturated heterocycles. The van der Waals surface area contributed by atoms with Crippen molar-refractivity contribution in [3.63, 3.8) is 0 Å². The van der Waals surface area contributed by atoms with Crippen LogP contribution in [0.25, 0.3) is 0 Å². The topological polar surface area (TPSA) is 41.3 Å². The van der Waals surface area contributed by atoms with Crippen molar-refractivity contribution in [2.75, 3.05) is 13.7 Å². The van der Waals surface area contributed by atoms with Crippen LogP contribution in [0.3, 0.4) is 0 Å². The lowest BCUT2D eigenvalue weighted by molar-refractivity contribution is 0.0750. The maximum Gasteiger partial charge on any atom is 0.129 e. The van der Waals surface area contributed by atoms with Gasteiger partial charge < -0.3 is 9.67 Å². The monoisotopic (exact) mass is 625 g/mol. The summed E-state index contributed by atoms with van der Waals surface area (Å²) in [6.07, 6.45) is 3.93. The third-order valence-corrected chi connectivity index (χ3v) is 9.65. The van der Waals surface area contributed by atoms with Crippen LogP contribution in [-0.2, 0) is 11.1 Å². The number of aliphatic hydroxyl groups excluding tert-OH is 1. The first-order valence-corrected chi connectivity index (χ1v) is 16.4. The maximum atomic E-state index is 11.6. The van der Waals surface area contributed by atoms with E-state index < -0.39 is 17.1 Å². The summed E-state index contributed by atoms with van der Waals surface area (Å²) in [7, 11) is 2.11. The molecule has 48 heavy (non-hydrogen) atoms. The first-order valence-electron chi connectivity index (χ1n) is 16.4. The lowest BCUT2D eigenvalue weighted by Gasteiger charge is -2.47. The number of aromatic nitrogens is 2. The molecular weight excluding hydrogens is 587 g/mol. The van der Waals surface area contributed by atoms with Gasteiger partial charge in [-0.3, -0.25) is 4.90 Å². The molecule has 7 rings (SSSR count). The lowest BCUT2D eigenvalue weighted by Crippen LogP contribution is -2.50. The second kappa shape index (κ2) is 13.7. The van der Waals surface area contributed by atoms with E-state index >= 15 is 0 Å². The van der Waals surface area contributed by atoms with Gasteiger partial charge in [0.05, 0.1) is 18.2 Å². The summed E-state index contributed by atoms with van der Waals surface area (Å²) in [5.74, 6) is 0.753. The number of hydrogen-bond donors (Lipinski definition) is 1. The Kier molecular flexibility index (Phi) is 8.84. The van der Waals surface area contributed by atoms with Crippen LogP contribution in [0.15, 0.2) is 194 Å². The Labute approximate surface area is 283 Å². The highest BCUT2D eigenvalue weighted by atomic mass is 16.3. The maximum absolute atomic E-state index is 11.6. The molecule has 1 aromatic heterocycles. The van der Waals surface area contributed by atoms with Crippen molar-refractivity contribution in [2.45, 2.75) is 17.1 Å². The normalized spacial score (nSPS) is 12.6. The van der Waals surface area contributed by atoms with E-state index in [-0.39, 0.29) is 6.61 Å². The largest absolute Gasteiger partial charge is 0.394 e. The Balaban J connectivity index is 1.53. The first-order chi connectivity index (χ1) is 23.7. The molecule has 236 valence electrons. The van der Waals surface area contributed by atoms with E-state index in [4.69, 9.17) is 4.98 Å². The van der Waals surface area contributed by atoms with E-state index in [1.165, 1.54) is 0 Å². The molecule has 1 atom stereocenters. The van der Waals surface area contributed by atoms with E-state index in [0.29, 0.717) is 0 Å². The minimum Gasteiger partial charge on any atom is -0.394 e. The fourth-order valence-electron chi connectivity index (χ4n) is 7.56. The summed E-state index contributed by atoms with van der Waals surface area (Å²) in [5.41, 5.74) is 5.05. The van der Waals surface area contributed by atoms with Crippen molar-refractivity contribution < 1.29 is 5.11 Å². The third kappa shape index (κ3) is 5.16. The van der Waals surface area contributed by atoms with Crippen molar-refractivity contribution in [2.24, 2.45) is 0 Å². The SMILES string of the molecule is CN(C(CO)c1nccn1C(c1ccccc1)(c1ccccc1)c1ccccc1)C(c1ccccc1)(c1ccccc1)c1ccccc1. The van der Waals surface area contributed by atoms with Crippen LogP contribution < -0.4 is 0 Å². The predicted octanol–water partition coefficient (Wildman–Crippen LogP) is 8.68. The number of hydrogen-bond acceptors (Lipinski definition) is 3. The summed E-state index contributed by atoms with van der Waals surface area (Å²) in [6.45, 7) is -0.157. The standard InChI is InChI=1S/C44H39N3O/c1-46(43(35-20-8-2-9-21-35,36-22-10-3-11-23-36)37-24-12-4-13-25-37)41(34-48)42-45-32-33-47(42)44(38-26-14-5-15-27-38,39-28-16-6-17-29-39)40-30-18-7-19-31-40/h2-33,41,48H,34H2,1H3. The minimum atomic E-state index is -0.779. The van der Waals surface area contributed by atoms with Crippen molar-refractivity contribution in [1.29, 1.82) is 0 Å². The summed E-state index contributed by atoms with van der Waals surface area (Å²) in [6, 6.07) is 63.0. The number of benzene rings is 6. The molecule has 7 aromatic rings. The molecule has 0 bridgehead atoms. The van der Waals surface area contributed by atoms with Gasteiger partial charge in [-0.25, -0.2) is 4.98 Å². The van der Waals surface area contributed by atoms with Crippen LogP contribution >= 0.6 is 0 Å². The predicted molar refractivity (Wildman–Crippen MR) is 194 cm³/mol. The van der Waals surface area contributed by atoms with Gasteiger partial charge in [-0.05, 0) is 40.4 Å². The summed E-state index contributed by atoms with van der Waals surface area (Å²) >= 11 is 0. The highest BCUT2D eigenvalue weighted by Gasteiger charge is 2.47. The Bertz CT molecular complexity index is 1820. The number of aliphatic hydroxyl groups is 1. The fraction of sp³-hybridized carbons (Fsp3) is 0.114. The molecule has 1 unspecified atom stereocenters. The average molecular weight is 626 g/mol. The zero-order chi connectivity index (χ0) is 32.8. The van der Waals surface area contributed by atoms with Crippen LogP contribution in [-0.4, -0.2) is 33.2 Å². The van der Waals surface area contributed by atoms with Gasteiger partial charge in [0, 0.05) is 12.4 Å². The molecule has 0 radical (unpaired) electrons. The minimum absolute atomic E-state index is 0.157. The summed E-state index contributed by atoms with van der Waals surface area (Å²) < 4.78 is 2.27. The molecule has 0 aliphatic rings. The van der Waals surface area contributed by atoms with Gasteiger partial charge >= 0.3 is 0 Å². The molecule has 6 aromatic carbocycles. The van der Waals surface area contributed by atoms with Crippen LogP contribution in [0.1, 0.15) is 45.2 Å². The molecule has 1 heterocycles. The molecule has 0 aliphatic carbocycles. The molecular formula is C44H39N3O. The smallest absolute Gasteiger partial charge is 0.129 e. The van der Waals surface area contributed by atoms with Crippen molar-refractivity contribution in [1.82, 2.24) is 14.5 Å². The second-order valence-electron chi connectivity index (χ2n) is 12.1. The van der Waals surface area contributed by atoms with Crippen LogP contribution in [0.2, 0.25) is 0 Å². The highest BCUT2D eigenvalue weighted by Crippen LogP contribution is 2.47. The molecule has 0 spiro atoms. The molecule has 1 N–H and O–H groups in total. The molecule has 0 fully saturated rings. The van der Waals surface area contributed by atoms with Crippen LogP contribution in [0, 0.1) is 0 Å². The van der Waals surface area contributed by atoms with Crippen molar-refractivity contribution in [3.8, 4) is 0 Å². The van der Waals surface area contributed by atoms with E-state index in [0.717, 1.165) is 39.2 Å². The van der Waals surface area contributed by atoms with E-state index in [9.17, 15) is 5.11 Å². The van der Waals surface area contributed by atoms with E-state index in [1.54, 1.807) is 0 Å². The van der Waals surface area contributed by atoms with E-state index in [1.807, 2.05) is 6.20 Å². The van der Waals surface area contributed by atoms with Crippen LogP contribution in [0.5, 0.6) is 0 Å². The van der Waals surface area contributed by atoms with Crippen molar-refractivity contribution in [3.05, 3.63) is 234 Å². The zero-order valence-electron chi connectivity index (χ0n) is 27.0. The lowest BCUT2D eigenvalue weighted by atomic mass is 9.74. The molecule has 0 aliphatic heterocycles. The van der Waals surface area contributed by atoms with Gasteiger partial charge in [-0.2, -0.15) is 0 Å². The Morgan fingerprint density at radius 3 is 1.15 bits per heavy atom. The number of likely N-dealkylation sites (N-methyl/N-ethyl adjacent to an activating group) is 1. The third-order valence-electron chi connectivity index (χ3n) is 9.65. The molecule has 0 saturated carbocycles. The number of nitrogens with zero attached hydrogens (tertiary/aromatic N) is 3. The quantitative estimate of drug-likeness (QED) is 0.146. The molecule has 4 heteroatoms. The van der Waals surface area contributed by atoms with Crippen LogP contribution in [0.4, 0.5) is 0 Å². The fourth-order valence-corrected chi connectivity index (χ4v) is 7.56. The summed E-state index contributed by atoms with van der Waals surface area (Å²) in [4.78, 5) is 7.41.